The lowest BCUT2D eigenvalue weighted by molar-refractivity contribution is -0.277. The number of esters is 1. The Morgan fingerprint density at radius 2 is 1.87 bits per heavy atom. The van der Waals surface area contributed by atoms with E-state index in [2.05, 4.69) is 0 Å². The van der Waals surface area contributed by atoms with Crippen LogP contribution in [0.3, 0.4) is 0 Å². The lowest BCUT2D eigenvalue weighted by Gasteiger charge is -2.39. The molecule has 0 aromatic heterocycles. The van der Waals surface area contributed by atoms with Gasteiger partial charge < -0.3 is 44.5 Å². The van der Waals surface area contributed by atoms with E-state index in [4.69, 9.17) is 18.9 Å². The van der Waals surface area contributed by atoms with Crippen LogP contribution in [0.15, 0.2) is 18.2 Å². The maximum atomic E-state index is 12.4. The van der Waals surface area contributed by atoms with E-state index >= 15 is 0 Å². The van der Waals surface area contributed by atoms with Gasteiger partial charge in [0.1, 0.15) is 53.3 Å². The minimum Gasteiger partial charge on any atom is -0.506 e. The van der Waals surface area contributed by atoms with Crippen LogP contribution in [0.1, 0.15) is 22.8 Å². The highest BCUT2D eigenvalue weighted by molar-refractivity contribution is 6.06. The van der Waals surface area contributed by atoms with Crippen molar-refractivity contribution in [1.82, 2.24) is 0 Å². The summed E-state index contributed by atoms with van der Waals surface area (Å²) in [5, 5.41) is 51.3. The summed E-state index contributed by atoms with van der Waals surface area (Å²) in [7, 11) is 1.44. The zero-order chi connectivity index (χ0) is 22.4. The van der Waals surface area contributed by atoms with E-state index in [0.29, 0.717) is 23.1 Å². The van der Waals surface area contributed by atoms with Crippen molar-refractivity contribution in [1.29, 1.82) is 0 Å². The summed E-state index contributed by atoms with van der Waals surface area (Å²) in [6, 6.07) is 4.80. The first kappa shape index (κ1) is 21.6. The van der Waals surface area contributed by atoms with E-state index in [1.54, 1.807) is 19.1 Å². The second kappa shape index (κ2) is 8.13. The molecule has 0 radical (unpaired) electrons. The number of aliphatic hydroxyl groups is 4. The number of rotatable bonds is 4. The molecule has 0 spiro atoms. The highest BCUT2D eigenvalue weighted by atomic mass is 16.7. The summed E-state index contributed by atoms with van der Waals surface area (Å²) >= 11 is 0. The molecule has 2 heterocycles. The van der Waals surface area contributed by atoms with Crippen molar-refractivity contribution < 1.29 is 49.3 Å². The zero-order valence-corrected chi connectivity index (χ0v) is 16.9. The Kier molecular flexibility index (Phi) is 5.67. The van der Waals surface area contributed by atoms with E-state index in [1.165, 1.54) is 13.2 Å². The summed E-state index contributed by atoms with van der Waals surface area (Å²) < 4.78 is 21.7. The largest absolute Gasteiger partial charge is 0.506 e. The van der Waals surface area contributed by atoms with Gasteiger partial charge >= 0.3 is 5.97 Å². The first-order valence-electron chi connectivity index (χ1n) is 9.79. The van der Waals surface area contributed by atoms with Crippen LogP contribution in [0, 0.1) is 0 Å². The maximum absolute atomic E-state index is 12.4. The summed E-state index contributed by atoms with van der Waals surface area (Å²) in [5.41, 5.74) is 0.634. The third kappa shape index (κ3) is 3.66. The second-order valence-corrected chi connectivity index (χ2v) is 7.72. The maximum Gasteiger partial charge on any atom is 0.342 e. The minimum absolute atomic E-state index is 0.00500. The molecule has 5 N–H and O–H groups in total. The molecular formula is C21H24O10. The molecule has 6 atom stereocenters. The van der Waals surface area contributed by atoms with Crippen LogP contribution >= 0.6 is 0 Å². The quantitative estimate of drug-likeness (QED) is 0.408. The second-order valence-electron chi connectivity index (χ2n) is 7.72. The summed E-state index contributed by atoms with van der Waals surface area (Å²) in [4.78, 5) is 12.4. The molecule has 1 saturated heterocycles. The molecule has 6 unspecified atom stereocenters. The van der Waals surface area contributed by atoms with Gasteiger partial charge in [0.2, 0.25) is 6.29 Å². The predicted molar refractivity (Wildman–Crippen MR) is 105 cm³/mol. The van der Waals surface area contributed by atoms with Crippen LogP contribution in [0.5, 0.6) is 17.2 Å². The number of hydrogen-bond acceptors (Lipinski definition) is 10. The molecule has 0 saturated carbocycles. The van der Waals surface area contributed by atoms with E-state index in [1.807, 2.05) is 0 Å². The highest BCUT2D eigenvalue weighted by Crippen LogP contribution is 2.43. The van der Waals surface area contributed by atoms with Crippen LogP contribution in [0.4, 0.5) is 0 Å². The fourth-order valence-corrected chi connectivity index (χ4v) is 4.00. The number of carbonyl (C=O) groups is 1. The first-order valence-corrected chi connectivity index (χ1v) is 9.79. The van der Waals surface area contributed by atoms with Crippen LogP contribution in [0.25, 0.3) is 10.8 Å². The number of methoxy groups -OCH3 is 1. The summed E-state index contributed by atoms with van der Waals surface area (Å²) in [6.07, 6.45) is -7.39. The van der Waals surface area contributed by atoms with Crippen molar-refractivity contribution >= 4 is 16.7 Å². The van der Waals surface area contributed by atoms with Gasteiger partial charge in [-0.05, 0) is 30.0 Å². The van der Waals surface area contributed by atoms with E-state index in [0.717, 1.165) is 0 Å². The molecule has 10 nitrogen and oxygen atoms in total. The number of aromatic hydroxyl groups is 1. The van der Waals surface area contributed by atoms with Crippen molar-refractivity contribution in [2.75, 3.05) is 13.7 Å². The normalized spacial score (nSPS) is 30.6. The van der Waals surface area contributed by atoms with Gasteiger partial charge in [-0.1, -0.05) is 0 Å². The van der Waals surface area contributed by atoms with Gasteiger partial charge in [0.05, 0.1) is 19.1 Å². The van der Waals surface area contributed by atoms with Gasteiger partial charge in [0, 0.05) is 12.5 Å². The monoisotopic (exact) mass is 436 g/mol. The molecule has 2 aromatic rings. The van der Waals surface area contributed by atoms with Gasteiger partial charge in [0.25, 0.3) is 0 Å². The Balaban J connectivity index is 1.82. The number of phenols is 1. The van der Waals surface area contributed by atoms with Crippen LogP contribution in [0.2, 0.25) is 0 Å². The van der Waals surface area contributed by atoms with Crippen molar-refractivity contribution in [3.05, 3.63) is 29.3 Å². The predicted octanol–water partition coefficient (Wildman–Crippen LogP) is -0.166. The third-order valence-electron chi connectivity index (χ3n) is 5.58. The smallest absolute Gasteiger partial charge is 0.342 e. The van der Waals surface area contributed by atoms with Gasteiger partial charge in [-0.15, -0.1) is 0 Å². The molecular weight excluding hydrogens is 412 g/mol. The molecule has 31 heavy (non-hydrogen) atoms. The SMILES string of the molecule is COc1cc(OC2OC(CO)C(O)C(O)C2O)c2c(O)c3c(cc2c1)CC(C)OC3=O. The Hall–Kier alpha value is -2.63. The molecule has 2 aliphatic rings. The number of hydrogen-bond donors (Lipinski definition) is 5. The number of cyclic esters (lactones) is 1. The molecule has 2 aromatic carbocycles. The zero-order valence-electron chi connectivity index (χ0n) is 16.9. The van der Waals surface area contributed by atoms with Crippen molar-refractivity contribution in [2.45, 2.75) is 50.2 Å². The first-order chi connectivity index (χ1) is 14.7. The number of carbonyl (C=O) groups excluding carboxylic acids is 1. The van der Waals surface area contributed by atoms with Gasteiger partial charge in [-0.3, -0.25) is 0 Å². The summed E-state index contributed by atoms with van der Waals surface area (Å²) in [6.45, 7) is 1.13. The van der Waals surface area contributed by atoms with Gasteiger partial charge in [0.15, 0.2) is 0 Å². The molecule has 2 aliphatic heterocycles. The number of ether oxygens (including phenoxy) is 4. The minimum atomic E-state index is -1.65. The summed E-state index contributed by atoms with van der Waals surface area (Å²) in [5.74, 6) is -0.641. The van der Waals surface area contributed by atoms with Crippen LogP contribution in [-0.4, -0.2) is 82.0 Å². The van der Waals surface area contributed by atoms with Crippen molar-refractivity contribution in [2.24, 2.45) is 0 Å². The Bertz CT molecular complexity index is 1000. The average Bonchev–Trinajstić information content (AvgIpc) is 2.73. The molecule has 10 heteroatoms. The van der Waals surface area contributed by atoms with Crippen molar-refractivity contribution in [3.63, 3.8) is 0 Å². The molecule has 4 rings (SSSR count). The number of benzene rings is 2. The standard InChI is InChI=1S/C21H24O10/c1-8-3-9-4-10-5-11(28-2)6-12(14(10)17(24)15(9)20(27)29-8)30-21-19(26)18(25)16(23)13(7-22)31-21/h4-6,8,13,16,18-19,21-26H,3,7H2,1-2H3. The number of phenolic OH excluding ortho intramolecular Hbond substituents is 1. The molecule has 0 amide bonds. The Labute approximate surface area is 177 Å². The Morgan fingerprint density at radius 3 is 2.55 bits per heavy atom. The Morgan fingerprint density at radius 1 is 1.13 bits per heavy atom. The molecule has 1 fully saturated rings. The topological polar surface area (TPSA) is 155 Å². The van der Waals surface area contributed by atoms with E-state index in [9.17, 15) is 30.3 Å². The molecule has 0 bridgehead atoms. The fourth-order valence-electron chi connectivity index (χ4n) is 4.00. The van der Waals surface area contributed by atoms with Gasteiger partial charge in [-0.2, -0.15) is 0 Å². The highest BCUT2D eigenvalue weighted by Gasteiger charge is 2.45. The average molecular weight is 436 g/mol. The van der Waals surface area contributed by atoms with Gasteiger partial charge in [-0.25, -0.2) is 4.79 Å². The third-order valence-corrected chi connectivity index (χ3v) is 5.58. The van der Waals surface area contributed by atoms with E-state index in [-0.39, 0.29) is 28.6 Å². The number of aliphatic hydroxyl groups excluding tert-OH is 4. The van der Waals surface area contributed by atoms with E-state index < -0.39 is 43.3 Å². The lowest BCUT2D eigenvalue weighted by Crippen LogP contribution is -2.60. The number of fused-ring (bicyclic) bond motifs is 2. The molecule has 168 valence electrons. The fraction of sp³-hybridized carbons (Fsp3) is 0.476. The van der Waals surface area contributed by atoms with Crippen LogP contribution in [-0.2, 0) is 15.9 Å². The van der Waals surface area contributed by atoms with Crippen molar-refractivity contribution in [3.8, 4) is 17.2 Å². The lowest BCUT2D eigenvalue weighted by atomic mass is 9.93. The molecule has 0 aliphatic carbocycles. The van der Waals surface area contributed by atoms with Crippen LogP contribution < -0.4 is 9.47 Å².